The first-order chi connectivity index (χ1) is 18.4. The fourth-order valence-electron chi connectivity index (χ4n) is 6.14. The molecule has 1 aromatic heterocycles. The van der Waals surface area contributed by atoms with Gasteiger partial charge in [-0.3, -0.25) is 4.90 Å². The SMILES string of the molecule is CN1CCC1COc1nc(N2CC3CCC(C2)N3)c2cc(Cl)c(-c3cc(O)cc4ccccc34)c(F)c2n1. The molecule has 9 heteroatoms. The van der Waals surface area contributed by atoms with Gasteiger partial charge in [-0.25, -0.2) is 4.39 Å². The molecule has 4 aromatic rings. The number of halogens is 2. The van der Waals surface area contributed by atoms with Crippen LogP contribution < -0.4 is 15.0 Å². The smallest absolute Gasteiger partial charge is 0.319 e. The molecule has 3 saturated heterocycles. The number of hydrogen-bond acceptors (Lipinski definition) is 7. The Bertz CT molecular complexity index is 1550. The van der Waals surface area contributed by atoms with Gasteiger partial charge < -0.3 is 20.1 Å². The van der Waals surface area contributed by atoms with E-state index in [0.29, 0.717) is 41.5 Å². The zero-order valence-corrected chi connectivity index (χ0v) is 21.9. The van der Waals surface area contributed by atoms with Crippen molar-refractivity contribution in [1.82, 2.24) is 20.2 Å². The number of piperazine rings is 1. The standard InChI is InChI=1S/C29H29ClFN5O2/c1-35-9-8-19(35)15-38-29-33-27-23(28(34-29)36-13-17-6-7-18(14-36)32-17)12-24(30)25(26(27)31)22-11-20(37)10-16-4-2-3-5-21(16)22/h2-5,10-12,17-19,32,37H,6-9,13-15H2,1H3. The minimum absolute atomic E-state index is 0.0440. The molecular weight excluding hydrogens is 505 g/mol. The average Bonchev–Trinajstić information content (AvgIpc) is 3.24. The summed E-state index contributed by atoms with van der Waals surface area (Å²) in [5, 5.41) is 16.5. The van der Waals surface area contributed by atoms with Crippen LogP contribution in [0.3, 0.4) is 0 Å². The summed E-state index contributed by atoms with van der Waals surface area (Å²) in [5.41, 5.74) is 0.898. The summed E-state index contributed by atoms with van der Waals surface area (Å²) in [6, 6.07) is 13.8. The number of anilines is 1. The minimum atomic E-state index is -0.546. The van der Waals surface area contributed by atoms with Crippen molar-refractivity contribution in [3.05, 3.63) is 53.3 Å². The third-order valence-electron chi connectivity index (χ3n) is 8.32. The van der Waals surface area contributed by atoms with Crippen LogP contribution in [0.15, 0.2) is 42.5 Å². The molecule has 3 unspecified atom stereocenters. The van der Waals surface area contributed by atoms with Gasteiger partial charge in [0, 0.05) is 42.2 Å². The van der Waals surface area contributed by atoms with E-state index in [0.717, 1.165) is 49.7 Å². The molecule has 2 bridgehead atoms. The van der Waals surface area contributed by atoms with E-state index in [2.05, 4.69) is 27.1 Å². The number of likely N-dealkylation sites (tertiary alicyclic amines) is 1. The zero-order valence-electron chi connectivity index (χ0n) is 21.1. The molecule has 7 rings (SSSR count). The highest BCUT2D eigenvalue weighted by Crippen LogP contribution is 2.43. The molecule has 0 aliphatic carbocycles. The molecule has 2 N–H and O–H groups in total. The number of aromatic nitrogens is 2. The lowest BCUT2D eigenvalue weighted by Crippen LogP contribution is -2.51. The molecule has 3 fully saturated rings. The summed E-state index contributed by atoms with van der Waals surface area (Å²) in [4.78, 5) is 13.8. The second kappa shape index (κ2) is 9.22. The van der Waals surface area contributed by atoms with Crippen LogP contribution in [0.4, 0.5) is 10.2 Å². The topological polar surface area (TPSA) is 73.8 Å². The van der Waals surface area contributed by atoms with Crippen molar-refractivity contribution >= 4 is 39.1 Å². The van der Waals surface area contributed by atoms with Gasteiger partial charge in [-0.2, -0.15) is 9.97 Å². The van der Waals surface area contributed by atoms with Crippen LogP contribution in [0.25, 0.3) is 32.8 Å². The Morgan fingerprint density at radius 1 is 1.08 bits per heavy atom. The van der Waals surface area contributed by atoms with Gasteiger partial charge >= 0.3 is 6.01 Å². The second-order valence-corrected chi connectivity index (χ2v) is 11.2. The van der Waals surface area contributed by atoms with Crippen LogP contribution in [0.5, 0.6) is 11.8 Å². The summed E-state index contributed by atoms with van der Waals surface area (Å²) >= 11 is 6.82. The summed E-state index contributed by atoms with van der Waals surface area (Å²) < 4.78 is 22.6. The first-order valence-corrected chi connectivity index (χ1v) is 13.6. The Morgan fingerprint density at radius 2 is 1.87 bits per heavy atom. The number of benzene rings is 3. The van der Waals surface area contributed by atoms with Gasteiger partial charge in [0.2, 0.25) is 0 Å². The normalized spacial score (nSPS) is 23.2. The maximum Gasteiger partial charge on any atom is 0.319 e. The summed E-state index contributed by atoms with van der Waals surface area (Å²) in [6.45, 7) is 3.06. The largest absolute Gasteiger partial charge is 0.508 e. The first kappa shape index (κ1) is 23.9. The van der Waals surface area contributed by atoms with E-state index in [9.17, 15) is 5.11 Å². The van der Waals surface area contributed by atoms with Crippen molar-refractivity contribution in [2.75, 3.05) is 38.2 Å². The highest BCUT2D eigenvalue weighted by Gasteiger charge is 2.34. The van der Waals surface area contributed by atoms with Crippen molar-refractivity contribution < 1.29 is 14.2 Å². The number of likely N-dealkylation sites (N-methyl/N-ethyl adjacent to an activating group) is 1. The molecule has 3 aliphatic rings. The molecule has 7 nitrogen and oxygen atoms in total. The highest BCUT2D eigenvalue weighted by atomic mass is 35.5. The van der Waals surface area contributed by atoms with Crippen molar-refractivity contribution in [3.63, 3.8) is 0 Å². The predicted molar refractivity (Wildman–Crippen MR) is 148 cm³/mol. The van der Waals surface area contributed by atoms with E-state index >= 15 is 4.39 Å². The zero-order chi connectivity index (χ0) is 26.0. The fourth-order valence-corrected chi connectivity index (χ4v) is 6.43. The van der Waals surface area contributed by atoms with Crippen LogP contribution >= 0.6 is 11.6 Å². The first-order valence-electron chi connectivity index (χ1n) is 13.2. The summed E-state index contributed by atoms with van der Waals surface area (Å²) in [5.74, 6) is 0.150. The Balaban J connectivity index is 1.40. The van der Waals surface area contributed by atoms with Gasteiger partial charge in [-0.05, 0) is 67.4 Å². The van der Waals surface area contributed by atoms with Crippen LogP contribution in [0.2, 0.25) is 5.02 Å². The summed E-state index contributed by atoms with van der Waals surface area (Å²) in [7, 11) is 2.06. The van der Waals surface area contributed by atoms with Crippen molar-refractivity contribution in [2.45, 2.75) is 37.4 Å². The molecular formula is C29H29ClFN5O2. The van der Waals surface area contributed by atoms with Crippen LogP contribution in [0.1, 0.15) is 19.3 Å². The van der Waals surface area contributed by atoms with Gasteiger partial charge in [0.15, 0.2) is 5.82 Å². The molecule has 0 spiro atoms. The molecule has 3 atom stereocenters. The van der Waals surface area contributed by atoms with Gasteiger partial charge in [-0.1, -0.05) is 35.9 Å². The maximum absolute atomic E-state index is 16.6. The Labute approximate surface area is 225 Å². The number of aromatic hydroxyl groups is 1. The monoisotopic (exact) mass is 533 g/mol. The number of phenolic OH excluding ortho intramolecular Hbond substituents is 1. The number of hydrogen-bond donors (Lipinski definition) is 2. The predicted octanol–water partition coefficient (Wildman–Crippen LogP) is 4.97. The maximum atomic E-state index is 16.6. The quantitative estimate of drug-likeness (QED) is 0.375. The molecule has 0 radical (unpaired) electrons. The van der Waals surface area contributed by atoms with Crippen molar-refractivity contribution in [2.24, 2.45) is 0 Å². The molecule has 4 heterocycles. The second-order valence-electron chi connectivity index (χ2n) is 10.8. The Morgan fingerprint density at radius 3 is 2.61 bits per heavy atom. The molecule has 38 heavy (non-hydrogen) atoms. The Kier molecular flexibility index (Phi) is 5.80. The molecule has 0 saturated carbocycles. The van der Waals surface area contributed by atoms with Crippen LogP contribution in [-0.4, -0.2) is 71.4 Å². The number of fused-ring (bicyclic) bond motifs is 4. The highest BCUT2D eigenvalue weighted by molar-refractivity contribution is 6.35. The molecule has 196 valence electrons. The minimum Gasteiger partial charge on any atom is -0.508 e. The van der Waals surface area contributed by atoms with Gasteiger partial charge in [0.1, 0.15) is 23.7 Å². The lowest BCUT2D eigenvalue weighted by Gasteiger charge is -2.37. The van der Waals surface area contributed by atoms with Crippen LogP contribution in [-0.2, 0) is 0 Å². The lowest BCUT2D eigenvalue weighted by molar-refractivity contribution is 0.0732. The fraction of sp³-hybridized carbons (Fsp3) is 0.379. The van der Waals surface area contributed by atoms with Gasteiger partial charge in [-0.15, -0.1) is 0 Å². The molecule has 3 aromatic carbocycles. The van der Waals surface area contributed by atoms with Crippen LogP contribution in [0, 0.1) is 5.82 Å². The van der Waals surface area contributed by atoms with Crippen molar-refractivity contribution in [1.29, 1.82) is 0 Å². The number of nitrogens with one attached hydrogen (secondary N) is 1. The van der Waals surface area contributed by atoms with Gasteiger partial charge in [0.25, 0.3) is 0 Å². The molecule has 3 aliphatic heterocycles. The Hall–Kier alpha value is -3.20. The number of phenols is 1. The average molecular weight is 534 g/mol. The van der Waals surface area contributed by atoms with E-state index < -0.39 is 5.82 Å². The number of rotatable bonds is 5. The third kappa shape index (κ3) is 4.02. The van der Waals surface area contributed by atoms with Crippen molar-refractivity contribution in [3.8, 4) is 22.9 Å². The van der Waals surface area contributed by atoms with E-state index in [-0.39, 0.29) is 27.9 Å². The molecule has 0 amide bonds. The number of nitrogens with zero attached hydrogens (tertiary/aromatic N) is 4. The van der Waals surface area contributed by atoms with E-state index in [1.165, 1.54) is 0 Å². The van der Waals surface area contributed by atoms with Gasteiger partial charge in [0.05, 0.1) is 5.02 Å². The van der Waals surface area contributed by atoms with E-state index in [1.54, 1.807) is 18.2 Å². The van der Waals surface area contributed by atoms with E-state index in [4.69, 9.17) is 21.3 Å². The summed E-state index contributed by atoms with van der Waals surface area (Å²) in [6.07, 6.45) is 3.29. The number of ether oxygens (including phenoxy) is 1. The van der Waals surface area contributed by atoms with E-state index in [1.807, 2.05) is 24.3 Å². The lowest BCUT2D eigenvalue weighted by atomic mass is 9.96. The third-order valence-corrected chi connectivity index (χ3v) is 8.62.